The number of carbonyl (C=O) groups is 1. The molecule has 0 saturated carbocycles. The van der Waals surface area contributed by atoms with Crippen LogP contribution in [0.3, 0.4) is 0 Å². The van der Waals surface area contributed by atoms with E-state index >= 15 is 0 Å². The molecule has 1 rings (SSSR count). The molecule has 0 atom stereocenters. The number of carboxylic acid groups (broad SMARTS) is 1. The van der Waals surface area contributed by atoms with E-state index in [2.05, 4.69) is 27.0 Å². The van der Waals surface area contributed by atoms with Crippen LogP contribution in [0, 0.1) is 0 Å². The molecule has 0 unspecified atom stereocenters. The van der Waals surface area contributed by atoms with E-state index in [1.165, 1.54) is 3.58 Å². The standard InChI is InChI=1S/C8H7O2.3CH3.Sn/c9-8(10)6-7-4-2-1-3-5-7;;;;/h2-5H,6H2,(H,9,10);3*1H3;. The Morgan fingerprint density at radius 3 is 2.07 bits per heavy atom. The number of carboxylic acids is 1. The van der Waals surface area contributed by atoms with Crippen LogP contribution in [0.25, 0.3) is 0 Å². The minimum atomic E-state index is -1.95. The third kappa shape index (κ3) is 3.33. The first-order chi connectivity index (χ1) is 6.39. The van der Waals surface area contributed by atoms with E-state index in [1.807, 2.05) is 12.1 Å². The third-order valence-electron chi connectivity index (χ3n) is 2.18. The molecule has 0 aliphatic carbocycles. The summed E-state index contributed by atoms with van der Waals surface area (Å²) in [6, 6.07) is 8.06. The van der Waals surface area contributed by atoms with Crippen LogP contribution < -0.4 is 3.58 Å². The van der Waals surface area contributed by atoms with Crippen molar-refractivity contribution in [3.8, 4) is 0 Å². The Labute approximate surface area is 88.8 Å². The summed E-state index contributed by atoms with van der Waals surface area (Å²) in [7, 11) is 0. The summed E-state index contributed by atoms with van der Waals surface area (Å²) in [4.78, 5) is 17.5. The quantitative estimate of drug-likeness (QED) is 0.865. The van der Waals surface area contributed by atoms with Gasteiger partial charge in [0.05, 0.1) is 0 Å². The van der Waals surface area contributed by atoms with E-state index in [-0.39, 0.29) is 6.42 Å². The van der Waals surface area contributed by atoms with Crippen LogP contribution >= 0.6 is 0 Å². The summed E-state index contributed by atoms with van der Waals surface area (Å²) in [6.45, 7) is 0. The summed E-state index contributed by atoms with van der Waals surface area (Å²) in [5.41, 5.74) is 0.886. The van der Waals surface area contributed by atoms with Crippen molar-refractivity contribution in [2.45, 2.75) is 21.2 Å². The molecule has 1 aromatic carbocycles. The molecule has 0 heterocycles. The van der Waals surface area contributed by atoms with Crippen LogP contribution in [-0.4, -0.2) is 29.5 Å². The first-order valence-electron chi connectivity index (χ1n) is 4.71. The van der Waals surface area contributed by atoms with Gasteiger partial charge in [0.25, 0.3) is 0 Å². The molecule has 0 amide bonds. The van der Waals surface area contributed by atoms with E-state index in [4.69, 9.17) is 5.11 Å². The fourth-order valence-corrected chi connectivity index (χ4v) is 4.63. The minimum absolute atomic E-state index is 0.125. The maximum atomic E-state index is 10.5. The Balaban J connectivity index is 2.84. The molecule has 76 valence electrons. The average molecular weight is 299 g/mol. The Morgan fingerprint density at radius 2 is 1.71 bits per heavy atom. The molecule has 0 aliphatic rings. The van der Waals surface area contributed by atoms with E-state index in [0.29, 0.717) is 0 Å². The van der Waals surface area contributed by atoms with Crippen LogP contribution in [0.15, 0.2) is 24.3 Å². The summed E-state index contributed by atoms with van der Waals surface area (Å²) >= 11 is -1.95. The predicted octanol–water partition coefficient (Wildman–Crippen LogP) is 1.86. The van der Waals surface area contributed by atoms with Crippen LogP contribution in [0.1, 0.15) is 5.56 Å². The van der Waals surface area contributed by atoms with Gasteiger partial charge in [0.2, 0.25) is 0 Å². The van der Waals surface area contributed by atoms with Crippen molar-refractivity contribution in [3.63, 3.8) is 0 Å². The zero-order valence-electron chi connectivity index (χ0n) is 8.87. The Hall–Kier alpha value is -0.511. The molecule has 1 N–H and O–H groups in total. The van der Waals surface area contributed by atoms with Gasteiger partial charge in [0.15, 0.2) is 0 Å². The topological polar surface area (TPSA) is 37.3 Å². The Bertz CT molecular complexity index is 322. The predicted molar refractivity (Wildman–Crippen MR) is 60.8 cm³/mol. The number of hydrogen-bond acceptors (Lipinski definition) is 1. The van der Waals surface area contributed by atoms with Gasteiger partial charge < -0.3 is 0 Å². The zero-order valence-corrected chi connectivity index (χ0v) is 11.7. The molecule has 0 radical (unpaired) electrons. The normalized spacial score (nSPS) is 11.4. The fraction of sp³-hybridized carbons (Fsp3) is 0.364. The van der Waals surface area contributed by atoms with Gasteiger partial charge in [-0.05, 0) is 0 Å². The van der Waals surface area contributed by atoms with E-state index in [1.54, 1.807) is 0 Å². The molecule has 3 heteroatoms. The molecular formula is C11H16O2Sn. The van der Waals surface area contributed by atoms with Gasteiger partial charge in [0, 0.05) is 0 Å². The van der Waals surface area contributed by atoms with Gasteiger partial charge in [-0.15, -0.1) is 0 Å². The van der Waals surface area contributed by atoms with Gasteiger partial charge in [0.1, 0.15) is 0 Å². The van der Waals surface area contributed by atoms with Gasteiger partial charge in [-0.3, -0.25) is 0 Å². The molecular weight excluding hydrogens is 283 g/mol. The number of hydrogen-bond donors (Lipinski definition) is 1. The van der Waals surface area contributed by atoms with Crippen LogP contribution in [0.2, 0.25) is 14.8 Å². The molecule has 0 saturated heterocycles. The monoisotopic (exact) mass is 300 g/mol. The van der Waals surface area contributed by atoms with Crippen molar-refractivity contribution in [1.29, 1.82) is 0 Å². The fourth-order valence-electron chi connectivity index (χ4n) is 1.30. The number of aliphatic carboxylic acids is 1. The molecule has 0 aromatic heterocycles. The van der Waals surface area contributed by atoms with Gasteiger partial charge in [-0.25, -0.2) is 0 Å². The molecule has 2 nitrogen and oxygen atoms in total. The molecule has 0 aliphatic heterocycles. The van der Waals surface area contributed by atoms with Crippen molar-refractivity contribution >= 4 is 27.9 Å². The first kappa shape index (κ1) is 11.6. The Morgan fingerprint density at radius 1 is 1.21 bits per heavy atom. The van der Waals surface area contributed by atoms with E-state index in [0.717, 1.165) is 5.56 Å². The average Bonchev–Trinajstić information content (AvgIpc) is 2.02. The second-order valence-electron chi connectivity index (χ2n) is 4.52. The van der Waals surface area contributed by atoms with Crippen LogP contribution in [-0.2, 0) is 11.2 Å². The zero-order chi connectivity index (χ0) is 10.8. The van der Waals surface area contributed by atoms with Crippen molar-refractivity contribution in [1.82, 2.24) is 0 Å². The summed E-state index contributed by atoms with van der Waals surface area (Å²) in [5, 5.41) is 8.61. The SMILES string of the molecule is [CH3][Sn]([CH3])([CH3])[c]1ccc(CC(=O)O)cc1. The molecule has 1 aromatic rings. The van der Waals surface area contributed by atoms with E-state index < -0.39 is 24.3 Å². The van der Waals surface area contributed by atoms with Crippen molar-refractivity contribution in [2.24, 2.45) is 0 Å². The van der Waals surface area contributed by atoms with Gasteiger partial charge in [-0.2, -0.15) is 0 Å². The third-order valence-corrected chi connectivity index (χ3v) is 8.07. The summed E-state index contributed by atoms with van der Waals surface area (Å²) in [5.74, 6) is -0.767. The first-order valence-corrected chi connectivity index (χ1v) is 14.7. The molecule has 0 bridgehead atoms. The number of rotatable bonds is 3. The number of benzene rings is 1. The molecule has 0 spiro atoms. The van der Waals surface area contributed by atoms with Crippen molar-refractivity contribution < 1.29 is 9.90 Å². The second-order valence-corrected chi connectivity index (χ2v) is 19.0. The van der Waals surface area contributed by atoms with Crippen molar-refractivity contribution in [2.75, 3.05) is 0 Å². The summed E-state index contributed by atoms with van der Waals surface area (Å²) in [6.07, 6.45) is 0.125. The van der Waals surface area contributed by atoms with Crippen LogP contribution in [0.5, 0.6) is 0 Å². The van der Waals surface area contributed by atoms with Crippen molar-refractivity contribution in [3.05, 3.63) is 29.8 Å². The van der Waals surface area contributed by atoms with E-state index in [9.17, 15) is 4.79 Å². The van der Waals surface area contributed by atoms with Gasteiger partial charge >= 0.3 is 88.9 Å². The Kier molecular flexibility index (Phi) is 3.58. The molecule has 14 heavy (non-hydrogen) atoms. The second kappa shape index (κ2) is 4.34. The van der Waals surface area contributed by atoms with Crippen LogP contribution in [0.4, 0.5) is 0 Å². The maximum absolute atomic E-state index is 10.5. The van der Waals surface area contributed by atoms with Gasteiger partial charge in [-0.1, -0.05) is 0 Å². The molecule has 0 fully saturated rings. The summed E-state index contributed by atoms with van der Waals surface area (Å²) < 4.78 is 1.44.